The number of carbonyl (C=O) groups excluding carboxylic acids is 1. The van der Waals surface area contributed by atoms with Crippen molar-refractivity contribution in [1.29, 1.82) is 0 Å². The molecule has 2 aromatic carbocycles. The second-order valence-corrected chi connectivity index (χ2v) is 7.88. The summed E-state index contributed by atoms with van der Waals surface area (Å²) in [6.07, 6.45) is 2.03. The molecule has 1 aliphatic heterocycles. The zero-order valence-corrected chi connectivity index (χ0v) is 17.3. The Morgan fingerprint density at radius 2 is 2.11 bits per heavy atom. The van der Waals surface area contributed by atoms with Crippen LogP contribution in [0.25, 0.3) is 11.0 Å². The van der Waals surface area contributed by atoms with E-state index in [9.17, 15) is 4.79 Å². The van der Waals surface area contributed by atoms with Gasteiger partial charge in [0.25, 0.3) is 5.91 Å². The number of amides is 1. The Morgan fingerprint density at radius 3 is 2.89 bits per heavy atom. The number of rotatable bonds is 4. The summed E-state index contributed by atoms with van der Waals surface area (Å²) in [5.74, 6) is -0.257. The Balaban J connectivity index is 1.77. The van der Waals surface area contributed by atoms with Gasteiger partial charge in [-0.25, -0.2) is 4.99 Å². The summed E-state index contributed by atoms with van der Waals surface area (Å²) in [4.78, 5) is 17.4. The van der Waals surface area contributed by atoms with Crippen LogP contribution in [0.5, 0.6) is 0 Å². The van der Waals surface area contributed by atoms with Gasteiger partial charge in [0.05, 0.1) is 16.8 Å². The first-order valence-electron chi connectivity index (χ1n) is 9.02. The van der Waals surface area contributed by atoms with Gasteiger partial charge in [-0.05, 0) is 49.2 Å². The lowest BCUT2D eigenvalue weighted by Gasteiger charge is -2.11. The van der Waals surface area contributed by atoms with Gasteiger partial charge in [0.1, 0.15) is 11.1 Å². The molecule has 1 aromatic heterocycles. The molecule has 1 N–H and O–H groups in total. The zero-order chi connectivity index (χ0) is 19.5. The number of carbonyl (C=O) groups is 1. The van der Waals surface area contributed by atoms with Crippen molar-refractivity contribution in [2.45, 2.75) is 18.9 Å². The summed E-state index contributed by atoms with van der Waals surface area (Å²) in [7, 11) is 0. The smallest absolute Gasteiger partial charge is 0.256 e. The fourth-order valence-electron chi connectivity index (χ4n) is 3.11. The molecule has 3 aromatic rings. The monoisotopic (exact) mass is 460 g/mol. The highest BCUT2D eigenvalue weighted by Crippen LogP contribution is 2.24. The highest BCUT2D eigenvalue weighted by atomic mass is 79.9. The summed E-state index contributed by atoms with van der Waals surface area (Å²) < 4.78 is 12.4. The zero-order valence-electron chi connectivity index (χ0n) is 15.0. The molecule has 1 saturated heterocycles. The minimum absolute atomic E-state index is 0.0550. The Labute approximate surface area is 175 Å². The Kier molecular flexibility index (Phi) is 5.80. The van der Waals surface area contributed by atoms with Crippen molar-refractivity contribution < 1.29 is 13.9 Å². The fraction of sp³-hybridized carbons (Fsp3) is 0.238. The van der Waals surface area contributed by atoms with E-state index in [4.69, 9.17) is 20.8 Å². The van der Waals surface area contributed by atoms with E-state index in [-0.39, 0.29) is 17.6 Å². The molecule has 1 amide bonds. The molecular formula is C21H18BrClN2O3. The normalized spacial score (nSPS) is 17.2. The highest BCUT2D eigenvalue weighted by molar-refractivity contribution is 9.10. The molecular weight excluding hydrogens is 444 g/mol. The van der Waals surface area contributed by atoms with Crippen molar-refractivity contribution in [3.05, 3.63) is 69.1 Å². The molecule has 0 aliphatic carbocycles. The Morgan fingerprint density at radius 1 is 1.25 bits per heavy atom. The van der Waals surface area contributed by atoms with Crippen LogP contribution in [0.4, 0.5) is 5.69 Å². The largest absolute Gasteiger partial charge is 0.438 e. The molecule has 0 unspecified atom stereocenters. The van der Waals surface area contributed by atoms with Gasteiger partial charge in [-0.2, -0.15) is 0 Å². The maximum absolute atomic E-state index is 12.9. The van der Waals surface area contributed by atoms with Crippen LogP contribution in [0.2, 0.25) is 5.02 Å². The average molecular weight is 462 g/mol. The second-order valence-electron chi connectivity index (χ2n) is 6.56. The molecule has 0 spiro atoms. The van der Waals surface area contributed by atoms with Crippen molar-refractivity contribution in [3.63, 3.8) is 0 Å². The molecule has 2 heterocycles. The summed E-state index contributed by atoms with van der Waals surface area (Å²) in [6.45, 7) is 1.20. The van der Waals surface area contributed by atoms with Gasteiger partial charge in [0.2, 0.25) is 5.55 Å². The van der Waals surface area contributed by atoms with E-state index in [0.29, 0.717) is 28.4 Å². The molecule has 0 bridgehead atoms. The lowest BCUT2D eigenvalue weighted by Crippen LogP contribution is -2.34. The Bertz CT molecular complexity index is 1090. The fourth-order valence-corrected chi connectivity index (χ4v) is 3.66. The number of ether oxygens (including phenoxy) is 1. The molecule has 144 valence electrons. The summed E-state index contributed by atoms with van der Waals surface area (Å²) in [5, 5.41) is 4.22. The molecule has 28 heavy (non-hydrogen) atoms. The SMILES string of the molecule is O=C(NC[C@@H]1CCCO1)c1cc2cc(Br)ccc2oc1=Nc1ccccc1Cl. The van der Waals surface area contributed by atoms with Crippen molar-refractivity contribution in [2.24, 2.45) is 4.99 Å². The first kappa shape index (κ1) is 19.2. The van der Waals surface area contributed by atoms with Crippen LogP contribution in [0.3, 0.4) is 0 Å². The van der Waals surface area contributed by atoms with E-state index in [0.717, 1.165) is 29.3 Å². The number of hydrogen-bond donors (Lipinski definition) is 1. The third kappa shape index (κ3) is 4.29. The number of nitrogens with one attached hydrogen (secondary N) is 1. The predicted molar refractivity (Wildman–Crippen MR) is 112 cm³/mol. The van der Waals surface area contributed by atoms with Crippen LogP contribution in [0, 0.1) is 0 Å². The number of para-hydroxylation sites is 1. The second kappa shape index (κ2) is 8.47. The van der Waals surface area contributed by atoms with Crippen LogP contribution in [-0.4, -0.2) is 25.2 Å². The maximum atomic E-state index is 12.9. The standard InChI is InChI=1S/C21H18BrClN2O3/c22-14-7-8-19-13(10-14)11-16(20(26)24-12-15-4-3-9-27-15)21(28-19)25-18-6-2-1-5-17(18)23/h1-2,5-8,10-11,15H,3-4,9,12H2,(H,24,26)/t15-/m0/s1. The van der Waals surface area contributed by atoms with Crippen LogP contribution in [0.1, 0.15) is 23.2 Å². The number of hydrogen-bond acceptors (Lipinski definition) is 4. The Hall–Kier alpha value is -2.15. The predicted octanol–water partition coefficient (Wildman–Crippen LogP) is 4.99. The van der Waals surface area contributed by atoms with Gasteiger partial charge in [-0.3, -0.25) is 4.79 Å². The van der Waals surface area contributed by atoms with Gasteiger partial charge in [-0.15, -0.1) is 0 Å². The number of benzene rings is 2. The number of fused-ring (bicyclic) bond motifs is 1. The van der Waals surface area contributed by atoms with Gasteiger partial charge < -0.3 is 14.5 Å². The quantitative estimate of drug-likeness (QED) is 0.595. The topological polar surface area (TPSA) is 63.8 Å². The number of nitrogens with zero attached hydrogens (tertiary/aromatic N) is 1. The number of halogens is 2. The van der Waals surface area contributed by atoms with Crippen LogP contribution < -0.4 is 10.9 Å². The minimum atomic E-state index is -0.257. The lowest BCUT2D eigenvalue weighted by molar-refractivity contribution is 0.0854. The third-order valence-electron chi connectivity index (χ3n) is 4.54. The molecule has 0 saturated carbocycles. The molecule has 5 nitrogen and oxygen atoms in total. The van der Waals surface area contributed by atoms with Gasteiger partial charge in [-0.1, -0.05) is 39.7 Å². The van der Waals surface area contributed by atoms with Crippen LogP contribution >= 0.6 is 27.5 Å². The van der Waals surface area contributed by atoms with Crippen molar-refractivity contribution in [1.82, 2.24) is 5.32 Å². The minimum Gasteiger partial charge on any atom is -0.438 e. The average Bonchev–Trinajstić information content (AvgIpc) is 3.21. The van der Waals surface area contributed by atoms with E-state index < -0.39 is 0 Å². The van der Waals surface area contributed by atoms with Crippen LogP contribution in [0.15, 0.2) is 62.4 Å². The van der Waals surface area contributed by atoms with Crippen molar-refractivity contribution in [3.8, 4) is 0 Å². The van der Waals surface area contributed by atoms with E-state index >= 15 is 0 Å². The lowest BCUT2D eigenvalue weighted by atomic mass is 10.1. The molecule has 0 radical (unpaired) electrons. The molecule has 1 atom stereocenters. The maximum Gasteiger partial charge on any atom is 0.256 e. The van der Waals surface area contributed by atoms with Gasteiger partial charge >= 0.3 is 0 Å². The highest BCUT2D eigenvalue weighted by Gasteiger charge is 2.18. The van der Waals surface area contributed by atoms with Crippen molar-refractivity contribution in [2.75, 3.05) is 13.2 Å². The molecule has 4 rings (SSSR count). The van der Waals surface area contributed by atoms with E-state index in [2.05, 4.69) is 26.2 Å². The first-order chi connectivity index (χ1) is 13.6. The van der Waals surface area contributed by atoms with Crippen LogP contribution in [-0.2, 0) is 4.74 Å². The molecule has 1 aliphatic rings. The van der Waals surface area contributed by atoms with E-state index in [1.807, 2.05) is 30.3 Å². The van der Waals surface area contributed by atoms with E-state index in [1.54, 1.807) is 18.2 Å². The van der Waals surface area contributed by atoms with Gasteiger partial charge in [0, 0.05) is 23.0 Å². The van der Waals surface area contributed by atoms with Gasteiger partial charge in [0.15, 0.2) is 0 Å². The summed E-state index contributed by atoms with van der Waals surface area (Å²) >= 11 is 9.69. The first-order valence-corrected chi connectivity index (χ1v) is 10.2. The third-order valence-corrected chi connectivity index (χ3v) is 5.35. The molecule has 7 heteroatoms. The molecule has 1 fully saturated rings. The van der Waals surface area contributed by atoms with Crippen molar-refractivity contribution >= 4 is 50.1 Å². The summed E-state index contributed by atoms with van der Waals surface area (Å²) in [6, 6.07) is 14.6. The van der Waals surface area contributed by atoms with E-state index in [1.165, 1.54) is 0 Å². The summed E-state index contributed by atoms with van der Waals surface area (Å²) in [5.41, 5.74) is 1.73.